The third-order valence-electron chi connectivity index (χ3n) is 3.92. The van der Waals surface area contributed by atoms with E-state index in [0.29, 0.717) is 12.5 Å². The highest BCUT2D eigenvalue weighted by atomic mass is 16.5. The van der Waals surface area contributed by atoms with Crippen LogP contribution in [-0.4, -0.2) is 19.7 Å². The Kier molecular flexibility index (Phi) is 2.98. The molecule has 21 heavy (non-hydrogen) atoms. The number of imidazole rings is 1. The summed E-state index contributed by atoms with van der Waals surface area (Å²) in [6, 6.07) is 8.22. The van der Waals surface area contributed by atoms with Crippen molar-refractivity contribution in [2.75, 3.05) is 0 Å². The molecule has 1 aliphatic carbocycles. The summed E-state index contributed by atoms with van der Waals surface area (Å²) in [5.41, 5.74) is 2.17. The van der Waals surface area contributed by atoms with Crippen LogP contribution in [0.2, 0.25) is 0 Å². The van der Waals surface area contributed by atoms with Crippen LogP contribution in [0.15, 0.2) is 28.8 Å². The number of aromatic nitrogens is 4. The van der Waals surface area contributed by atoms with Gasteiger partial charge >= 0.3 is 0 Å². The van der Waals surface area contributed by atoms with Crippen molar-refractivity contribution >= 4 is 11.0 Å². The molecular formula is C16H18N4O. The first-order chi connectivity index (χ1) is 10.3. The molecule has 5 heteroatoms. The lowest BCUT2D eigenvalue weighted by Crippen LogP contribution is -2.06. The minimum absolute atomic E-state index is 0.501. The number of rotatable bonds is 5. The quantitative estimate of drug-likeness (QED) is 0.720. The summed E-state index contributed by atoms with van der Waals surface area (Å²) in [5.74, 6) is 3.14. The van der Waals surface area contributed by atoms with Crippen molar-refractivity contribution in [2.24, 2.45) is 0 Å². The van der Waals surface area contributed by atoms with Gasteiger partial charge in [-0.3, -0.25) is 0 Å². The lowest BCUT2D eigenvalue weighted by molar-refractivity contribution is 0.373. The molecule has 2 heterocycles. The zero-order valence-electron chi connectivity index (χ0n) is 12.1. The van der Waals surface area contributed by atoms with Crippen molar-refractivity contribution < 1.29 is 4.52 Å². The lowest BCUT2D eigenvalue weighted by atomic mass is 10.3. The summed E-state index contributed by atoms with van der Waals surface area (Å²) in [6.07, 6.45) is 4.39. The van der Waals surface area contributed by atoms with Gasteiger partial charge in [0.2, 0.25) is 5.89 Å². The Bertz CT molecular complexity index is 770. The molecule has 0 aliphatic heterocycles. The van der Waals surface area contributed by atoms with Crippen LogP contribution in [0.1, 0.15) is 49.6 Å². The van der Waals surface area contributed by atoms with E-state index in [0.717, 1.165) is 41.4 Å². The Morgan fingerprint density at radius 1 is 1.24 bits per heavy atom. The van der Waals surface area contributed by atoms with Gasteiger partial charge in [-0.05, 0) is 31.4 Å². The molecule has 1 aromatic carbocycles. The molecule has 0 amide bonds. The molecule has 5 nitrogen and oxygen atoms in total. The number of para-hydroxylation sites is 2. The average Bonchev–Trinajstić information content (AvgIpc) is 3.15. The summed E-state index contributed by atoms with van der Waals surface area (Å²) in [5, 5.41) is 4.13. The Morgan fingerprint density at radius 3 is 2.90 bits per heavy atom. The minimum atomic E-state index is 0.501. The van der Waals surface area contributed by atoms with E-state index < -0.39 is 0 Å². The number of fused-ring (bicyclic) bond motifs is 1. The third-order valence-corrected chi connectivity index (χ3v) is 3.92. The molecule has 0 N–H and O–H groups in total. The fourth-order valence-corrected chi connectivity index (χ4v) is 2.69. The van der Waals surface area contributed by atoms with Gasteiger partial charge in [0.15, 0.2) is 5.82 Å². The van der Waals surface area contributed by atoms with Crippen LogP contribution in [-0.2, 0) is 13.0 Å². The SMILES string of the molecule is CCCc1nc2ccccc2n1Cc1noc(C2CC2)n1. The number of hydrogen-bond donors (Lipinski definition) is 0. The van der Waals surface area contributed by atoms with Gasteiger partial charge < -0.3 is 9.09 Å². The summed E-state index contributed by atoms with van der Waals surface area (Å²) < 4.78 is 7.56. The molecule has 3 aromatic rings. The minimum Gasteiger partial charge on any atom is -0.339 e. The molecule has 1 saturated carbocycles. The van der Waals surface area contributed by atoms with Gasteiger partial charge in [0, 0.05) is 12.3 Å². The van der Waals surface area contributed by atoms with Crippen LogP contribution in [0.4, 0.5) is 0 Å². The van der Waals surface area contributed by atoms with E-state index >= 15 is 0 Å². The van der Waals surface area contributed by atoms with Gasteiger partial charge in [-0.1, -0.05) is 24.2 Å². The Balaban J connectivity index is 1.71. The Hall–Kier alpha value is -2.17. The zero-order chi connectivity index (χ0) is 14.2. The fraction of sp³-hybridized carbons (Fsp3) is 0.438. The maximum atomic E-state index is 5.35. The second kappa shape index (κ2) is 4.98. The lowest BCUT2D eigenvalue weighted by Gasteiger charge is -2.05. The van der Waals surface area contributed by atoms with Crippen molar-refractivity contribution in [3.05, 3.63) is 41.8 Å². The zero-order valence-corrected chi connectivity index (χ0v) is 12.1. The van der Waals surface area contributed by atoms with E-state index in [9.17, 15) is 0 Å². The van der Waals surface area contributed by atoms with Crippen LogP contribution in [0.25, 0.3) is 11.0 Å². The molecule has 0 bridgehead atoms. The van der Waals surface area contributed by atoms with Crippen molar-refractivity contribution in [1.82, 2.24) is 19.7 Å². The highest BCUT2D eigenvalue weighted by Crippen LogP contribution is 2.38. The van der Waals surface area contributed by atoms with Crippen LogP contribution in [0.5, 0.6) is 0 Å². The fourth-order valence-electron chi connectivity index (χ4n) is 2.69. The predicted octanol–water partition coefficient (Wildman–Crippen LogP) is 3.30. The Morgan fingerprint density at radius 2 is 2.10 bits per heavy atom. The van der Waals surface area contributed by atoms with E-state index in [-0.39, 0.29) is 0 Å². The van der Waals surface area contributed by atoms with Crippen LogP contribution < -0.4 is 0 Å². The summed E-state index contributed by atoms with van der Waals surface area (Å²) in [7, 11) is 0. The van der Waals surface area contributed by atoms with E-state index in [1.165, 1.54) is 12.8 Å². The number of benzene rings is 1. The first kappa shape index (κ1) is 12.6. The van der Waals surface area contributed by atoms with Gasteiger partial charge in [0.25, 0.3) is 0 Å². The summed E-state index contributed by atoms with van der Waals surface area (Å²) >= 11 is 0. The predicted molar refractivity (Wildman–Crippen MR) is 79.1 cm³/mol. The first-order valence-electron chi connectivity index (χ1n) is 7.61. The first-order valence-corrected chi connectivity index (χ1v) is 7.61. The highest BCUT2D eigenvalue weighted by molar-refractivity contribution is 5.76. The van der Waals surface area contributed by atoms with Gasteiger partial charge in [0.05, 0.1) is 17.6 Å². The second-order valence-electron chi connectivity index (χ2n) is 5.68. The topological polar surface area (TPSA) is 56.7 Å². The molecule has 1 fully saturated rings. The largest absolute Gasteiger partial charge is 0.339 e. The molecule has 4 rings (SSSR count). The standard InChI is InChI=1S/C16H18N4O/c1-2-5-15-17-12-6-3-4-7-13(12)20(15)10-14-18-16(21-19-14)11-8-9-11/h3-4,6-7,11H,2,5,8-10H2,1H3. The van der Waals surface area contributed by atoms with Crippen LogP contribution in [0.3, 0.4) is 0 Å². The Labute approximate surface area is 123 Å². The maximum absolute atomic E-state index is 5.35. The molecule has 0 atom stereocenters. The second-order valence-corrected chi connectivity index (χ2v) is 5.68. The third kappa shape index (κ3) is 2.33. The monoisotopic (exact) mass is 282 g/mol. The molecule has 108 valence electrons. The van der Waals surface area contributed by atoms with Gasteiger partial charge in [0.1, 0.15) is 5.82 Å². The van der Waals surface area contributed by atoms with Crippen molar-refractivity contribution in [3.63, 3.8) is 0 Å². The molecule has 0 spiro atoms. The van der Waals surface area contributed by atoms with Crippen molar-refractivity contribution in [3.8, 4) is 0 Å². The summed E-state index contributed by atoms with van der Waals surface area (Å²) in [4.78, 5) is 9.26. The number of aryl methyl sites for hydroxylation is 1. The smallest absolute Gasteiger partial charge is 0.229 e. The molecule has 0 unspecified atom stereocenters. The van der Waals surface area contributed by atoms with Crippen LogP contribution >= 0.6 is 0 Å². The highest BCUT2D eigenvalue weighted by Gasteiger charge is 2.29. The molecule has 1 aliphatic rings. The van der Waals surface area contributed by atoms with E-state index in [2.05, 4.69) is 33.8 Å². The van der Waals surface area contributed by atoms with Crippen LogP contribution in [0, 0.1) is 0 Å². The molecule has 0 radical (unpaired) electrons. The maximum Gasteiger partial charge on any atom is 0.229 e. The van der Waals surface area contributed by atoms with Gasteiger partial charge in [-0.2, -0.15) is 4.98 Å². The summed E-state index contributed by atoms with van der Waals surface area (Å²) in [6.45, 7) is 2.80. The van der Waals surface area contributed by atoms with Gasteiger partial charge in [-0.15, -0.1) is 0 Å². The molecular weight excluding hydrogens is 264 g/mol. The number of nitrogens with zero attached hydrogens (tertiary/aromatic N) is 4. The van der Waals surface area contributed by atoms with E-state index in [1.54, 1.807) is 0 Å². The number of hydrogen-bond acceptors (Lipinski definition) is 4. The van der Waals surface area contributed by atoms with Crippen molar-refractivity contribution in [1.29, 1.82) is 0 Å². The molecule has 0 saturated heterocycles. The molecule has 2 aromatic heterocycles. The van der Waals surface area contributed by atoms with E-state index in [4.69, 9.17) is 9.51 Å². The van der Waals surface area contributed by atoms with E-state index in [1.807, 2.05) is 12.1 Å². The van der Waals surface area contributed by atoms with Gasteiger partial charge in [-0.25, -0.2) is 4.98 Å². The normalized spacial score (nSPS) is 14.9. The average molecular weight is 282 g/mol. The van der Waals surface area contributed by atoms with Crippen molar-refractivity contribution in [2.45, 2.75) is 45.1 Å².